The van der Waals surface area contributed by atoms with Crippen molar-refractivity contribution < 1.29 is 29.0 Å². The van der Waals surface area contributed by atoms with Gasteiger partial charge < -0.3 is 19.5 Å². The predicted molar refractivity (Wildman–Crippen MR) is 120 cm³/mol. The Morgan fingerprint density at radius 1 is 1.09 bits per heavy atom. The minimum Gasteiger partial charge on any atom is -0.506 e. The molecule has 0 saturated carbocycles. The number of phenolic OH excluding ortho intramolecular Hbond substituents is 1. The Kier molecular flexibility index (Phi) is 7.03. The number of ether oxygens (including phenoxy) is 2. The molecule has 2 aromatic rings. The van der Waals surface area contributed by atoms with E-state index in [1.54, 1.807) is 17.0 Å². The van der Waals surface area contributed by atoms with Gasteiger partial charge in [0, 0.05) is 19.1 Å². The summed E-state index contributed by atoms with van der Waals surface area (Å²) < 4.78 is 10.6. The number of phenols is 1. The highest BCUT2D eigenvalue weighted by Crippen LogP contribution is 2.27. The average Bonchev–Trinajstić information content (AvgIpc) is 3.22. The molecule has 0 aromatic heterocycles. The fraction of sp³-hybridized carbons (Fsp3) is 0.375. The largest absolute Gasteiger partial charge is 0.506 e. The SMILES string of the molecule is O=C(OCc1ccccc1)[C@@H]1COC(=O)N1C1CCN(C(=O)Cc2ccc(O)c(Cl)c2)CC1. The van der Waals surface area contributed by atoms with Crippen LogP contribution in [0.15, 0.2) is 48.5 Å². The maximum absolute atomic E-state index is 12.7. The summed E-state index contributed by atoms with van der Waals surface area (Å²) in [5.41, 5.74) is 1.58. The molecule has 174 valence electrons. The lowest BCUT2D eigenvalue weighted by Gasteiger charge is -2.37. The summed E-state index contributed by atoms with van der Waals surface area (Å²) in [5, 5.41) is 9.74. The number of carbonyl (C=O) groups is 3. The molecule has 2 saturated heterocycles. The molecule has 2 heterocycles. The quantitative estimate of drug-likeness (QED) is 0.649. The van der Waals surface area contributed by atoms with Crippen LogP contribution >= 0.6 is 11.6 Å². The molecule has 1 atom stereocenters. The molecule has 2 aromatic carbocycles. The van der Waals surface area contributed by atoms with Crippen LogP contribution in [0, 0.1) is 0 Å². The van der Waals surface area contributed by atoms with Crippen LogP contribution in [0.3, 0.4) is 0 Å². The molecule has 1 N–H and O–H groups in total. The molecule has 0 bridgehead atoms. The van der Waals surface area contributed by atoms with Crippen LogP contribution in [0.5, 0.6) is 5.75 Å². The Hall–Kier alpha value is -3.26. The number of hydrogen-bond acceptors (Lipinski definition) is 6. The lowest BCUT2D eigenvalue weighted by molar-refractivity contribution is -0.150. The van der Waals surface area contributed by atoms with Crippen molar-refractivity contribution in [3.63, 3.8) is 0 Å². The summed E-state index contributed by atoms with van der Waals surface area (Å²) in [6.45, 7) is 1.02. The normalized spacial score (nSPS) is 18.8. The standard InChI is InChI=1S/C24H25ClN2O6/c25-19-12-17(6-7-21(19)28)13-22(29)26-10-8-18(9-11-26)27-20(15-33-24(27)31)23(30)32-14-16-4-2-1-3-5-16/h1-7,12,18,20,28H,8-11,13-15H2/t20-/m0/s1. The summed E-state index contributed by atoms with van der Waals surface area (Å²) in [6.07, 6.45) is 0.726. The van der Waals surface area contributed by atoms with Crippen LogP contribution < -0.4 is 0 Å². The van der Waals surface area contributed by atoms with Crippen molar-refractivity contribution in [1.29, 1.82) is 0 Å². The molecule has 4 rings (SSSR count). The second kappa shape index (κ2) is 10.1. The molecule has 2 fully saturated rings. The van der Waals surface area contributed by atoms with E-state index in [4.69, 9.17) is 21.1 Å². The molecule has 2 aliphatic heterocycles. The highest BCUT2D eigenvalue weighted by Gasteiger charge is 2.44. The lowest BCUT2D eigenvalue weighted by Crippen LogP contribution is -2.52. The summed E-state index contributed by atoms with van der Waals surface area (Å²) in [7, 11) is 0. The number of rotatable bonds is 6. The molecular weight excluding hydrogens is 448 g/mol. The zero-order valence-corrected chi connectivity index (χ0v) is 18.7. The minimum absolute atomic E-state index is 0.0250. The van der Waals surface area contributed by atoms with Crippen LogP contribution in [-0.4, -0.2) is 64.7 Å². The van der Waals surface area contributed by atoms with Gasteiger partial charge >= 0.3 is 12.1 Å². The average molecular weight is 473 g/mol. The van der Waals surface area contributed by atoms with Gasteiger partial charge in [0.2, 0.25) is 5.91 Å². The second-order valence-electron chi connectivity index (χ2n) is 8.17. The molecule has 0 spiro atoms. The third-order valence-electron chi connectivity index (χ3n) is 5.99. The van der Waals surface area contributed by atoms with Crippen LogP contribution in [0.4, 0.5) is 4.79 Å². The molecule has 0 aliphatic carbocycles. The number of amides is 2. The van der Waals surface area contributed by atoms with Gasteiger partial charge in [-0.05, 0) is 36.1 Å². The van der Waals surface area contributed by atoms with E-state index in [1.165, 1.54) is 11.0 Å². The van der Waals surface area contributed by atoms with E-state index in [1.807, 2.05) is 30.3 Å². The second-order valence-corrected chi connectivity index (χ2v) is 8.57. The first kappa shape index (κ1) is 22.9. The van der Waals surface area contributed by atoms with Crippen LogP contribution in [-0.2, 0) is 32.1 Å². The number of hydrogen-bond donors (Lipinski definition) is 1. The monoisotopic (exact) mass is 472 g/mol. The molecular formula is C24H25ClN2O6. The third-order valence-corrected chi connectivity index (χ3v) is 6.29. The van der Waals surface area contributed by atoms with Crippen molar-refractivity contribution in [2.45, 2.75) is 38.0 Å². The first-order valence-electron chi connectivity index (χ1n) is 10.8. The Morgan fingerprint density at radius 2 is 1.82 bits per heavy atom. The van der Waals surface area contributed by atoms with Gasteiger partial charge in [-0.2, -0.15) is 0 Å². The maximum atomic E-state index is 12.7. The predicted octanol–water partition coefficient (Wildman–Crippen LogP) is 3.14. The number of aromatic hydroxyl groups is 1. The van der Waals surface area contributed by atoms with E-state index in [-0.39, 0.29) is 42.4 Å². The van der Waals surface area contributed by atoms with Crippen LogP contribution in [0.2, 0.25) is 5.02 Å². The number of halogens is 1. The minimum atomic E-state index is -0.785. The fourth-order valence-corrected chi connectivity index (χ4v) is 4.39. The summed E-state index contributed by atoms with van der Waals surface area (Å²) in [4.78, 5) is 40.9. The molecule has 8 nitrogen and oxygen atoms in total. The van der Waals surface area contributed by atoms with Gasteiger partial charge in [0.1, 0.15) is 19.0 Å². The zero-order chi connectivity index (χ0) is 23.4. The third kappa shape index (κ3) is 5.39. The highest BCUT2D eigenvalue weighted by atomic mass is 35.5. The van der Waals surface area contributed by atoms with Gasteiger partial charge in [-0.15, -0.1) is 0 Å². The Labute approximate surface area is 196 Å². The smallest absolute Gasteiger partial charge is 0.410 e. The van der Waals surface area contributed by atoms with Crippen LogP contribution in [0.1, 0.15) is 24.0 Å². The van der Waals surface area contributed by atoms with E-state index in [0.29, 0.717) is 31.5 Å². The molecule has 2 aliphatic rings. The highest BCUT2D eigenvalue weighted by molar-refractivity contribution is 6.32. The molecule has 0 unspecified atom stereocenters. The van der Waals surface area contributed by atoms with Gasteiger partial charge in [-0.25, -0.2) is 9.59 Å². The first-order valence-corrected chi connectivity index (χ1v) is 11.2. The van der Waals surface area contributed by atoms with Gasteiger partial charge in [0.25, 0.3) is 0 Å². The number of esters is 1. The van der Waals surface area contributed by atoms with Crippen molar-refractivity contribution in [3.05, 3.63) is 64.7 Å². The number of likely N-dealkylation sites (tertiary alicyclic amines) is 1. The zero-order valence-electron chi connectivity index (χ0n) is 18.0. The van der Waals surface area contributed by atoms with Crippen molar-refractivity contribution in [3.8, 4) is 5.75 Å². The topological polar surface area (TPSA) is 96.4 Å². The van der Waals surface area contributed by atoms with E-state index in [0.717, 1.165) is 5.56 Å². The van der Waals surface area contributed by atoms with Gasteiger partial charge in [0.15, 0.2) is 6.04 Å². The van der Waals surface area contributed by atoms with E-state index < -0.39 is 18.1 Å². The van der Waals surface area contributed by atoms with Crippen molar-refractivity contribution in [2.24, 2.45) is 0 Å². The van der Waals surface area contributed by atoms with Gasteiger partial charge in [-0.3, -0.25) is 9.69 Å². The molecule has 9 heteroatoms. The summed E-state index contributed by atoms with van der Waals surface area (Å²) in [5.74, 6) is -0.575. The molecule has 2 amide bonds. The first-order chi connectivity index (χ1) is 15.9. The molecule has 33 heavy (non-hydrogen) atoms. The Morgan fingerprint density at radius 3 is 2.52 bits per heavy atom. The lowest BCUT2D eigenvalue weighted by atomic mass is 10.0. The number of carbonyl (C=O) groups excluding carboxylic acids is 3. The summed E-state index contributed by atoms with van der Waals surface area (Å²) >= 11 is 5.92. The van der Waals surface area contributed by atoms with Crippen molar-refractivity contribution >= 4 is 29.6 Å². The number of nitrogens with zero attached hydrogens (tertiary/aromatic N) is 2. The van der Waals surface area contributed by atoms with E-state index >= 15 is 0 Å². The fourth-order valence-electron chi connectivity index (χ4n) is 4.18. The van der Waals surface area contributed by atoms with E-state index in [9.17, 15) is 19.5 Å². The Balaban J connectivity index is 1.31. The van der Waals surface area contributed by atoms with Crippen molar-refractivity contribution in [1.82, 2.24) is 9.80 Å². The maximum Gasteiger partial charge on any atom is 0.410 e. The van der Waals surface area contributed by atoms with E-state index in [2.05, 4.69) is 0 Å². The van der Waals surface area contributed by atoms with Gasteiger partial charge in [0.05, 0.1) is 11.4 Å². The molecule has 0 radical (unpaired) electrons. The number of piperidine rings is 1. The number of benzene rings is 2. The Bertz CT molecular complexity index is 1020. The number of cyclic esters (lactones) is 1. The van der Waals surface area contributed by atoms with Crippen LogP contribution in [0.25, 0.3) is 0 Å². The van der Waals surface area contributed by atoms with Gasteiger partial charge in [-0.1, -0.05) is 48.0 Å². The van der Waals surface area contributed by atoms with Crippen molar-refractivity contribution in [2.75, 3.05) is 19.7 Å². The summed E-state index contributed by atoms with van der Waals surface area (Å²) in [6, 6.07) is 13.0.